The summed E-state index contributed by atoms with van der Waals surface area (Å²) < 4.78 is 58.6. The van der Waals surface area contributed by atoms with Crippen LogP contribution in [-0.2, 0) is 22.1 Å². The Morgan fingerprint density at radius 2 is 1.76 bits per heavy atom. The first-order valence-electron chi connectivity index (χ1n) is 11.6. The molecule has 0 bridgehead atoms. The van der Waals surface area contributed by atoms with E-state index in [1.54, 1.807) is 17.0 Å². The van der Waals surface area contributed by atoms with Gasteiger partial charge in [0.2, 0.25) is 5.91 Å². The molecule has 0 aromatic heterocycles. The number of hydrogen-bond acceptors (Lipinski definition) is 4. The van der Waals surface area contributed by atoms with E-state index in [2.05, 4.69) is 5.32 Å². The van der Waals surface area contributed by atoms with E-state index in [4.69, 9.17) is 4.74 Å². The Labute approximate surface area is 196 Å². The van der Waals surface area contributed by atoms with E-state index in [1.807, 2.05) is 11.0 Å². The first-order valence-corrected chi connectivity index (χ1v) is 11.6. The second-order valence-electron chi connectivity index (χ2n) is 8.85. The lowest BCUT2D eigenvalue weighted by Gasteiger charge is -2.32. The summed E-state index contributed by atoms with van der Waals surface area (Å²) >= 11 is 0. The number of amides is 1. The fraction of sp³-hybridized carbons (Fsp3) is 0.480. The zero-order valence-electron chi connectivity index (χ0n) is 18.9. The van der Waals surface area contributed by atoms with Crippen molar-refractivity contribution < 1.29 is 27.1 Å². The van der Waals surface area contributed by atoms with Gasteiger partial charge in [-0.15, -0.1) is 0 Å². The maximum atomic E-state index is 14.6. The summed E-state index contributed by atoms with van der Waals surface area (Å²) in [5.41, 5.74) is 0.933. The Morgan fingerprint density at radius 1 is 1.03 bits per heavy atom. The van der Waals surface area contributed by atoms with E-state index >= 15 is 0 Å². The topological polar surface area (TPSA) is 44.8 Å². The summed E-state index contributed by atoms with van der Waals surface area (Å²) in [7, 11) is 0. The van der Waals surface area contributed by atoms with Gasteiger partial charge in [0.05, 0.1) is 30.9 Å². The van der Waals surface area contributed by atoms with Gasteiger partial charge in [0.1, 0.15) is 5.82 Å². The van der Waals surface area contributed by atoms with E-state index in [0.29, 0.717) is 63.1 Å². The molecular weight excluding hydrogens is 450 g/mol. The molecule has 2 aromatic rings. The number of morpholine rings is 1. The van der Waals surface area contributed by atoms with Crippen LogP contribution in [-0.4, -0.2) is 56.7 Å². The van der Waals surface area contributed by atoms with Crippen molar-refractivity contribution in [3.63, 3.8) is 0 Å². The third-order valence-electron chi connectivity index (χ3n) is 6.47. The standard InChI is InChI=1S/C25H29F4N3O2/c26-22-16-21(4-5-23(22)31-10-12-34-13-11-31)30-17-18-6-8-32(9-7-18)24(33)15-19-2-1-3-20(14-19)25(27,28)29/h1-5,14,16,18,30H,6-13,15,17H2. The van der Waals surface area contributed by atoms with Gasteiger partial charge in [-0.1, -0.05) is 18.2 Å². The average molecular weight is 480 g/mol. The molecule has 2 fully saturated rings. The van der Waals surface area contributed by atoms with Crippen LogP contribution in [0, 0.1) is 11.7 Å². The van der Waals surface area contributed by atoms with Crippen LogP contribution in [0.15, 0.2) is 42.5 Å². The summed E-state index contributed by atoms with van der Waals surface area (Å²) in [6.45, 7) is 4.35. The quantitative estimate of drug-likeness (QED) is 0.617. The second kappa shape index (κ2) is 10.6. The molecule has 1 amide bonds. The van der Waals surface area contributed by atoms with Gasteiger partial charge in [-0.3, -0.25) is 4.79 Å². The van der Waals surface area contributed by atoms with Gasteiger partial charge < -0.3 is 19.9 Å². The number of alkyl halides is 3. The maximum Gasteiger partial charge on any atom is 0.416 e. The van der Waals surface area contributed by atoms with Gasteiger partial charge in [0, 0.05) is 38.4 Å². The number of halogens is 4. The minimum Gasteiger partial charge on any atom is -0.385 e. The predicted octanol–water partition coefficient (Wildman–Crippen LogP) is 4.57. The summed E-state index contributed by atoms with van der Waals surface area (Å²) in [5, 5.41) is 3.30. The van der Waals surface area contributed by atoms with Gasteiger partial charge in [0.25, 0.3) is 0 Å². The fourth-order valence-corrected chi connectivity index (χ4v) is 4.47. The molecule has 4 rings (SSSR count). The van der Waals surface area contributed by atoms with E-state index in [0.717, 1.165) is 30.7 Å². The lowest BCUT2D eigenvalue weighted by Crippen LogP contribution is -2.40. The van der Waals surface area contributed by atoms with Gasteiger partial charge in [-0.2, -0.15) is 13.2 Å². The molecule has 0 aliphatic carbocycles. The largest absolute Gasteiger partial charge is 0.416 e. The van der Waals surface area contributed by atoms with Crippen LogP contribution < -0.4 is 10.2 Å². The summed E-state index contributed by atoms with van der Waals surface area (Å²) in [6.07, 6.45) is -2.89. The molecular formula is C25H29F4N3O2. The highest BCUT2D eigenvalue weighted by atomic mass is 19.4. The summed E-state index contributed by atoms with van der Waals surface area (Å²) in [5.74, 6) is -0.0898. The number of benzene rings is 2. The van der Waals surface area contributed by atoms with Crippen molar-refractivity contribution in [1.29, 1.82) is 0 Å². The number of nitrogens with one attached hydrogen (secondary N) is 1. The van der Waals surface area contributed by atoms with Crippen molar-refractivity contribution in [1.82, 2.24) is 4.90 Å². The zero-order valence-corrected chi connectivity index (χ0v) is 18.9. The number of nitrogens with zero attached hydrogens (tertiary/aromatic N) is 2. The number of ether oxygens (including phenoxy) is 1. The monoisotopic (exact) mass is 479 g/mol. The zero-order chi connectivity index (χ0) is 24.1. The molecule has 34 heavy (non-hydrogen) atoms. The van der Waals surface area contributed by atoms with Gasteiger partial charge in [-0.25, -0.2) is 4.39 Å². The molecule has 2 aliphatic rings. The smallest absolute Gasteiger partial charge is 0.385 e. The Morgan fingerprint density at radius 3 is 2.44 bits per heavy atom. The first kappa shape index (κ1) is 24.3. The molecule has 0 unspecified atom stereocenters. The average Bonchev–Trinajstić information content (AvgIpc) is 2.83. The van der Waals surface area contributed by atoms with Crippen LogP contribution in [0.2, 0.25) is 0 Å². The van der Waals surface area contributed by atoms with E-state index in [-0.39, 0.29) is 18.1 Å². The molecule has 2 saturated heterocycles. The Bertz CT molecular complexity index is 984. The van der Waals surface area contributed by atoms with Crippen molar-refractivity contribution in [3.05, 3.63) is 59.4 Å². The van der Waals surface area contributed by atoms with Crippen LogP contribution >= 0.6 is 0 Å². The molecule has 184 valence electrons. The number of carbonyl (C=O) groups is 1. The molecule has 1 N–H and O–H groups in total. The van der Waals surface area contributed by atoms with Crippen LogP contribution in [0.3, 0.4) is 0 Å². The van der Waals surface area contributed by atoms with Gasteiger partial charge >= 0.3 is 6.18 Å². The molecule has 2 aromatic carbocycles. The van der Waals surface area contributed by atoms with Crippen LogP contribution in [0.25, 0.3) is 0 Å². The van der Waals surface area contributed by atoms with E-state index in [1.165, 1.54) is 12.1 Å². The Kier molecular flexibility index (Phi) is 7.60. The molecule has 0 saturated carbocycles. The molecule has 9 heteroatoms. The Hall–Kier alpha value is -2.81. The number of hydrogen-bond donors (Lipinski definition) is 1. The van der Waals surface area contributed by atoms with E-state index in [9.17, 15) is 22.4 Å². The normalized spacial score (nSPS) is 17.6. The number of carbonyl (C=O) groups excluding carboxylic acids is 1. The predicted molar refractivity (Wildman–Crippen MR) is 122 cm³/mol. The molecule has 2 heterocycles. The molecule has 0 spiro atoms. The second-order valence-corrected chi connectivity index (χ2v) is 8.85. The SMILES string of the molecule is O=C(Cc1cccc(C(F)(F)F)c1)N1CCC(CNc2ccc(N3CCOCC3)c(F)c2)CC1. The molecule has 5 nitrogen and oxygen atoms in total. The molecule has 0 radical (unpaired) electrons. The summed E-state index contributed by atoms with van der Waals surface area (Å²) in [4.78, 5) is 16.3. The van der Waals surface area contributed by atoms with Crippen molar-refractivity contribution in [2.24, 2.45) is 5.92 Å². The molecule has 0 atom stereocenters. The third kappa shape index (κ3) is 6.20. The van der Waals surface area contributed by atoms with E-state index < -0.39 is 11.7 Å². The first-order chi connectivity index (χ1) is 16.3. The van der Waals surface area contributed by atoms with Gasteiger partial charge in [-0.05, 0) is 48.6 Å². The number of rotatable bonds is 6. The minimum atomic E-state index is -4.42. The van der Waals surface area contributed by atoms with Crippen LogP contribution in [0.5, 0.6) is 0 Å². The molecule has 2 aliphatic heterocycles. The maximum absolute atomic E-state index is 14.6. The highest BCUT2D eigenvalue weighted by Crippen LogP contribution is 2.30. The van der Waals surface area contributed by atoms with Gasteiger partial charge in [0.15, 0.2) is 0 Å². The highest BCUT2D eigenvalue weighted by Gasteiger charge is 2.31. The lowest BCUT2D eigenvalue weighted by atomic mass is 9.96. The summed E-state index contributed by atoms with van der Waals surface area (Å²) in [6, 6.07) is 10.1. The van der Waals surface area contributed by atoms with Crippen LogP contribution in [0.1, 0.15) is 24.0 Å². The third-order valence-corrected chi connectivity index (χ3v) is 6.47. The van der Waals surface area contributed by atoms with Crippen molar-refractivity contribution in [2.75, 3.05) is 56.2 Å². The Balaban J connectivity index is 1.23. The number of anilines is 2. The number of piperidine rings is 1. The van der Waals surface area contributed by atoms with Crippen LogP contribution in [0.4, 0.5) is 28.9 Å². The fourth-order valence-electron chi connectivity index (χ4n) is 4.47. The number of likely N-dealkylation sites (tertiary alicyclic amines) is 1. The minimum absolute atomic E-state index is 0.0401. The van der Waals surface area contributed by atoms with Crippen molar-refractivity contribution in [2.45, 2.75) is 25.4 Å². The van der Waals surface area contributed by atoms with Crippen molar-refractivity contribution >= 4 is 17.3 Å². The lowest BCUT2D eigenvalue weighted by molar-refractivity contribution is -0.138. The van der Waals surface area contributed by atoms with Crippen molar-refractivity contribution in [3.8, 4) is 0 Å². The highest BCUT2D eigenvalue weighted by molar-refractivity contribution is 5.79.